The highest BCUT2D eigenvalue weighted by molar-refractivity contribution is 5.45. The van der Waals surface area contributed by atoms with Crippen LogP contribution in [0, 0.1) is 0 Å². The lowest BCUT2D eigenvalue weighted by Crippen LogP contribution is -2.42. The van der Waals surface area contributed by atoms with Crippen molar-refractivity contribution in [3.05, 3.63) is 84.3 Å². The highest BCUT2D eigenvalue weighted by Gasteiger charge is 2.37. The number of aryl methyl sites for hydroxylation is 1. The predicted octanol–water partition coefficient (Wildman–Crippen LogP) is 5.32. The number of allylic oxidation sites excluding steroid dienone is 3. The third-order valence-electron chi connectivity index (χ3n) is 6.11. The average Bonchev–Trinajstić information content (AvgIpc) is 3.17. The van der Waals surface area contributed by atoms with E-state index in [2.05, 4.69) is 52.1 Å². The summed E-state index contributed by atoms with van der Waals surface area (Å²) in [5.74, 6) is 1.49. The first-order valence-corrected chi connectivity index (χ1v) is 11.1. The number of halogens is 3. The largest absolute Gasteiger partial charge is 0.408 e. The molecule has 3 rings (SSSR count). The summed E-state index contributed by atoms with van der Waals surface area (Å²) in [6.45, 7) is 18.8. The van der Waals surface area contributed by atoms with Crippen LogP contribution in [0.15, 0.2) is 78.7 Å². The van der Waals surface area contributed by atoms with Gasteiger partial charge < -0.3 is 20.4 Å². The highest BCUT2D eigenvalue weighted by atomic mass is 19.4. The summed E-state index contributed by atoms with van der Waals surface area (Å²) in [6.07, 6.45) is 2.93. The number of hydrogen-bond donors (Lipinski definition) is 2. The minimum absolute atomic E-state index is 0.147. The maximum Gasteiger partial charge on any atom is 0.408 e. The SMILES string of the molecule is C=C(/C=C\C1=C(C)N(C(=C)Nc2cc(CC)ccn2)C2CCN1C2)C(=C)NC(C)C(F)(F)F. The Balaban J connectivity index is 1.75. The third kappa shape index (κ3) is 5.61. The van der Waals surface area contributed by atoms with Gasteiger partial charge in [0.2, 0.25) is 0 Å². The van der Waals surface area contributed by atoms with Gasteiger partial charge in [-0.25, -0.2) is 4.98 Å². The number of nitrogens with zero attached hydrogens (tertiary/aromatic N) is 3. The van der Waals surface area contributed by atoms with Crippen molar-refractivity contribution in [2.45, 2.75) is 51.9 Å². The zero-order chi connectivity index (χ0) is 24.3. The molecule has 2 atom stereocenters. The van der Waals surface area contributed by atoms with Crippen molar-refractivity contribution in [3.63, 3.8) is 0 Å². The predicted molar refractivity (Wildman–Crippen MR) is 127 cm³/mol. The van der Waals surface area contributed by atoms with E-state index in [1.165, 1.54) is 5.56 Å². The van der Waals surface area contributed by atoms with Gasteiger partial charge in [-0.3, -0.25) is 0 Å². The molecule has 5 nitrogen and oxygen atoms in total. The first-order valence-electron chi connectivity index (χ1n) is 11.1. The van der Waals surface area contributed by atoms with Crippen molar-refractivity contribution in [2.24, 2.45) is 0 Å². The van der Waals surface area contributed by atoms with E-state index in [0.717, 1.165) is 55.9 Å². The molecule has 1 aromatic heterocycles. The van der Waals surface area contributed by atoms with Crippen LogP contribution in [-0.4, -0.2) is 46.1 Å². The molecule has 0 spiro atoms. The summed E-state index contributed by atoms with van der Waals surface area (Å²) < 4.78 is 38.5. The highest BCUT2D eigenvalue weighted by Crippen LogP contribution is 2.35. The molecule has 1 aromatic rings. The number of rotatable bonds is 9. The molecule has 2 aliphatic heterocycles. The molecular formula is C25H32F3N5. The summed E-state index contributed by atoms with van der Waals surface area (Å²) in [4.78, 5) is 8.86. The molecule has 2 unspecified atom stereocenters. The van der Waals surface area contributed by atoms with Gasteiger partial charge in [0.15, 0.2) is 0 Å². The fraction of sp³-hybridized carbons (Fsp3) is 0.400. The molecule has 2 aliphatic rings. The second-order valence-corrected chi connectivity index (χ2v) is 8.45. The van der Waals surface area contributed by atoms with Crippen molar-refractivity contribution < 1.29 is 13.2 Å². The molecule has 8 heteroatoms. The number of nitrogens with one attached hydrogen (secondary N) is 2. The Morgan fingerprint density at radius 3 is 2.73 bits per heavy atom. The Kier molecular flexibility index (Phi) is 7.25. The fourth-order valence-corrected chi connectivity index (χ4v) is 4.13. The molecule has 0 aromatic carbocycles. The monoisotopic (exact) mass is 459 g/mol. The molecule has 0 radical (unpaired) electrons. The third-order valence-corrected chi connectivity index (χ3v) is 6.11. The molecule has 0 aliphatic carbocycles. The Bertz CT molecular complexity index is 992. The minimum atomic E-state index is -4.35. The molecule has 2 bridgehead atoms. The Hall–Kier alpha value is -3.16. The molecule has 33 heavy (non-hydrogen) atoms. The molecule has 1 saturated heterocycles. The van der Waals surface area contributed by atoms with Gasteiger partial charge in [0, 0.05) is 30.7 Å². The lowest BCUT2D eigenvalue weighted by molar-refractivity contribution is -0.149. The van der Waals surface area contributed by atoms with Crippen molar-refractivity contribution in [3.8, 4) is 0 Å². The van der Waals surface area contributed by atoms with E-state index >= 15 is 0 Å². The first-order chi connectivity index (χ1) is 15.5. The second kappa shape index (κ2) is 9.77. The smallest absolute Gasteiger partial charge is 0.374 e. The van der Waals surface area contributed by atoms with E-state index in [9.17, 15) is 13.2 Å². The standard InChI is InChI=1S/C25H32F3N5/c1-7-21-10-12-29-24(14-21)31-20(6)33-18(4)23(32-13-11-22(33)15-32)9-8-16(2)17(3)30-19(5)25(26,27)28/h8-10,12,14,19,22,30H,2-3,6-7,11,13,15H2,1,4-5H3,(H,29,31)/b9-8-. The van der Waals surface area contributed by atoms with Crippen LogP contribution in [0.3, 0.4) is 0 Å². The van der Waals surface area contributed by atoms with Gasteiger partial charge in [-0.15, -0.1) is 0 Å². The summed E-state index contributed by atoms with van der Waals surface area (Å²) in [6, 6.07) is 2.60. The van der Waals surface area contributed by atoms with E-state index in [-0.39, 0.29) is 5.70 Å². The molecule has 1 fully saturated rings. The second-order valence-electron chi connectivity index (χ2n) is 8.45. The molecule has 0 amide bonds. The maximum atomic E-state index is 12.8. The van der Waals surface area contributed by atoms with Crippen molar-refractivity contribution in [1.82, 2.24) is 20.1 Å². The van der Waals surface area contributed by atoms with E-state index in [1.807, 2.05) is 25.1 Å². The van der Waals surface area contributed by atoms with Crippen LogP contribution >= 0.6 is 0 Å². The van der Waals surface area contributed by atoms with Crippen LogP contribution in [0.1, 0.15) is 32.8 Å². The zero-order valence-corrected chi connectivity index (χ0v) is 19.5. The quantitative estimate of drug-likeness (QED) is 0.490. The lowest BCUT2D eigenvalue weighted by Gasteiger charge is -2.39. The van der Waals surface area contributed by atoms with Gasteiger partial charge in [-0.1, -0.05) is 32.7 Å². The number of alkyl halides is 3. The van der Waals surface area contributed by atoms with Gasteiger partial charge in [0.05, 0.1) is 11.7 Å². The van der Waals surface area contributed by atoms with Gasteiger partial charge in [0.1, 0.15) is 17.7 Å². The number of pyridine rings is 1. The minimum Gasteiger partial charge on any atom is -0.374 e. The van der Waals surface area contributed by atoms with E-state index < -0.39 is 12.2 Å². The van der Waals surface area contributed by atoms with Crippen LogP contribution in [-0.2, 0) is 6.42 Å². The molecule has 2 N–H and O–H groups in total. The summed E-state index contributed by atoms with van der Waals surface area (Å²) >= 11 is 0. The summed E-state index contributed by atoms with van der Waals surface area (Å²) in [5.41, 5.74) is 3.74. The maximum absolute atomic E-state index is 12.8. The Labute approximate surface area is 194 Å². The van der Waals surface area contributed by atoms with E-state index in [4.69, 9.17) is 0 Å². The van der Waals surface area contributed by atoms with Gasteiger partial charge in [0.25, 0.3) is 0 Å². The van der Waals surface area contributed by atoms with Crippen LogP contribution in [0.5, 0.6) is 0 Å². The first kappa shape index (κ1) is 24.5. The normalized spacial score (nSPS) is 19.2. The Morgan fingerprint density at radius 2 is 2.06 bits per heavy atom. The molecule has 3 heterocycles. The average molecular weight is 460 g/mol. The van der Waals surface area contributed by atoms with E-state index in [0.29, 0.717) is 11.6 Å². The van der Waals surface area contributed by atoms with Crippen molar-refractivity contribution in [1.29, 1.82) is 0 Å². The summed E-state index contributed by atoms with van der Waals surface area (Å²) in [7, 11) is 0. The fourth-order valence-electron chi connectivity index (χ4n) is 4.13. The van der Waals surface area contributed by atoms with Gasteiger partial charge in [-0.05, 0) is 56.0 Å². The van der Waals surface area contributed by atoms with E-state index in [1.54, 1.807) is 12.3 Å². The van der Waals surface area contributed by atoms with Crippen LogP contribution in [0.2, 0.25) is 0 Å². The van der Waals surface area contributed by atoms with Crippen LogP contribution in [0.25, 0.3) is 0 Å². The zero-order valence-electron chi connectivity index (χ0n) is 19.5. The Morgan fingerprint density at radius 1 is 1.33 bits per heavy atom. The van der Waals surface area contributed by atoms with Crippen LogP contribution in [0.4, 0.5) is 19.0 Å². The number of hydrogen-bond acceptors (Lipinski definition) is 5. The van der Waals surface area contributed by atoms with Gasteiger partial charge >= 0.3 is 6.18 Å². The van der Waals surface area contributed by atoms with Crippen LogP contribution < -0.4 is 10.6 Å². The lowest BCUT2D eigenvalue weighted by atomic mass is 10.1. The van der Waals surface area contributed by atoms with Crippen molar-refractivity contribution >= 4 is 5.82 Å². The van der Waals surface area contributed by atoms with Gasteiger partial charge in [-0.2, -0.15) is 13.2 Å². The topological polar surface area (TPSA) is 43.4 Å². The number of anilines is 1. The summed E-state index contributed by atoms with van der Waals surface area (Å²) in [5, 5.41) is 5.71. The molecular weight excluding hydrogens is 427 g/mol. The van der Waals surface area contributed by atoms with Crippen molar-refractivity contribution in [2.75, 3.05) is 18.4 Å². The molecule has 0 saturated carbocycles. The molecule has 178 valence electrons. The number of fused-ring (bicyclic) bond motifs is 2. The number of aromatic nitrogens is 1.